The molecule has 7 nitrogen and oxygen atoms in total. The standard InChI is InChI=1S/C19H22F2N2O5S2/c1-2-28-17-10-9-14(13-18(17)30(26,27)23-11-4-3-5-12-23)22-29(24,25)19-15(20)7-6-8-16(19)21/h6-10,13,22H,2-5,11-12H2,1H3. The van der Waals surface area contributed by atoms with E-state index < -0.39 is 36.6 Å². The summed E-state index contributed by atoms with van der Waals surface area (Å²) in [4.78, 5) is -1.35. The normalized spacial score (nSPS) is 15.7. The molecule has 3 rings (SSSR count). The van der Waals surface area contributed by atoms with Gasteiger partial charge in [-0.15, -0.1) is 0 Å². The molecule has 0 radical (unpaired) electrons. The molecule has 0 spiro atoms. The van der Waals surface area contributed by atoms with Crippen LogP contribution in [0.25, 0.3) is 0 Å². The molecule has 0 atom stereocenters. The summed E-state index contributed by atoms with van der Waals surface area (Å²) in [5, 5.41) is 0. The zero-order chi connectivity index (χ0) is 21.9. The topological polar surface area (TPSA) is 92.8 Å². The van der Waals surface area contributed by atoms with Crippen molar-refractivity contribution < 1.29 is 30.4 Å². The number of ether oxygens (including phenoxy) is 1. The summed E-state index contributed by atoms with van der Waals surface area (Å²) in [6.07, 6.45) is 2.38. The fourth-order valence-corrected chi connectivity index (χ4v) is 6.10. The lowest BCUT2D eigenvalue weighted by Crippen LogP contribution is -2.35. The average molecular weight is 461 g/mol. The molecule has 1 heterocycles. The number of piperidine rings is 1. The molecule has 30 heavy (non-hydrogen) atoms. The number of halogens is 2. The SMILES string of the molecule is CCOc1ccc(NS(=O)(=O)c2c(F)cccc2F)cc1S(=O)(=O)N1CCCCC1. The van der Waals surface area contributed by atoms with Crippen molar-refractivity contribution in [1.82, 2.24) is 4.31 Å². The lowest BCUT2D eigenvalue weighted by atomic mass is 10.2. The Kier molecular flexibility index (Phi) is 6.63. The largest absolute Gasteiger partial charge is 0.492 e. The Labute approximate surface area is 174 Å². The van der Waals surface area contributed by atoms with Crippen molar-refractivity contribution in [3.8, 4) is 5.75 Å². The molecule has 11 heteroatoms. The Morgan fingerprint density at radius 3 is 2.23 bits per heavy atom. The highest BCUT2D eigenvalue weighted by Crippen LogP contribution is 2.32. The second-order valence-corrected chi connectivity index (χ2v) is 10.2. The zero-order valence-corrected chi connectivity index (χ0v) is 17.9. The Balaban J connectivity index is 2.02. The quantitative estimate of drug-likeness (QED) is 0.684. The van der Waals surface area contributed by atoms with Crippen LogP contribution in [-0.4, -0.2) is 40.8 Å². The Morgan fingerprint density at radius 1 is 1.00 bits per heavy atom. The van der Waals surface area contributed by atoms with E-state index in [4.69, 9.17) is 4.74 Å². The van der Waals surface area contributed by atoms with E-state index in [1.54, 1.807) is 6.92 Å². The number of benzene rings is 2. The summed E-state index contributed by atoms with van der Waals surface area (Å²) in [5.74, 6) is -2.44. The van der Waals surface area contributed by atoms with Gasteiger partial charge in [0.05, 0.1) is 12.3 Å². The summed E-state index contributed by atoms with van der Waals surface area (Å²) in [6.45, 7) is 2.59. The minimum Gasteiger partial charge on any atom is -0.492 e. The van der Waals surface area contributed by atoms with E-state index in [0.717, 1.165) is 43.5 Å². The van der Waals surface area contributed by atoms with Crippen LogP contribution in [0.2, 0.25) is 0 Å². The molecule has 0 saturated carbocycles. The molecular weight excluding hydrogens is 438 g/mol. The van der Waals surface area contributed by atoms with E-state index in [9.17, 15) is 25.6 Å². The maximum Gasteiger partial charge on any atom is 0.267 e. The van der Waals surface area contributed by atoms with Gasteiger partial charge in [-0.3, -0.25) is 4.72 Å². The molecule has 0 amide bonds. The van der Waals surface area contributed by atoms with Crippen LogP contribution in [-0.2, 0) is 20.0 Å². The van der Waals surface area contributed by atoms with Crippen molar-refractivity contribution in [2.24, 2.45) is 0 Å². The highest BCUT2D eigenvalue weighted by molar-refractivity contribution is 7.92. The van der Waals surface area contributed by atoms with Crippen LogP contribution in [0.3, 0.4) is 0 Å². The molecule has 1 N–H and O–H groups in total. The van der Waals surface area contributed by atoms with E-state index in [1.165, 1.54) is 16.4 Å². The summed E-state index contributed by atoms with van der Waals surface area (Å²) >= 11 is 0. The van der Waals surface area contributed by atoms with E-state index in [1.807, 2.05) is 0 Å². The van der Waals surface area contributed by atoms with Gasteiger partial charge in [0.2, 0.25) is 10.0 Å². The van der Waals surface area contributed by atoms with E-state index >= 15 is 0 Å². The van der Waals surface area contributed by atoms with Gasteiger partial charge in [-0.2, -0.15) is 4.31 Å². The van der Waals surface area contributed by atoms with E-state index in [2.05, 4.69) is 4.72 Å². The van der Waals surface area contributed by atoms with Crippen molar-refractivity contribution in [3.63, 3.8) is 0 Å². The summed E-state index contributed by atoms with van der Waals surface area (Å²) < 4.78 is 88.0. The first kappa shape index (κ1) is 22.4. The first-order valence-electron chi connectivity index (χ1n) is 9.40. The van der Waals surface area contributed by atoms with Gasteiger partial charge in [0.25, 0.3) is 10.0 Å². The molecule has 2 aromatic rings. The highest BCUT2D eigenvalue weighted by Gasteiger charge is 2.30. The average Bonchev–Trinajstić information content (AvgIpc) is 2.69. The number of hydrogen-bond donors (Lipinski definition) is 1. The van der Waals surface area contributed by atoms with Gasteiger partial charge in [-0.25, -0.2) is 25.6 Å². The summed E-state index contributed by atoms with van der Waals surface area (Å²) in [6, 6.07) is 6.38. The second kappa shape index (κ2) is 8.86. The number of anilines is 1. The van der Waals surface area contributed by atoms with E-state index in [0.29, 0.717) is 13.1 Å². The summed E-state index contributed by atoms with van der Waals surface area (Å²) in [7, 11) is -8.58. The number of nitrogens with one attached hydrogen (secondary N) is 1. The van der Waals surface area contributed by atoms with Gasteiger partial charge in [-0.05, 0) is 50.1 Å². The van der Waals surface area contributed by atoms with Crippen molar-refractivity contribution in [2.75, 3.05) is 24.4 Å². The highest BCUT2D eigenvalue weighted by atomic mass is 32.2. The van der Waals surface area contributed by atoms with Gasteiger partial charge < -0.3 is 4.74 Å². The van der Waals surface area contributed by atoms with Gasteiger partial charge in [0.15, 0.2) is 4.90 Å². The second-order valence-electron chi connectivity index (χ2n) is 6.72. The molecule has 0 aliphatic carbocycles. The number of hydrogen-bond acceptors (Lipinski definition) is 5. The molecule has 1 aliphatic heterocycles. The number of nitrogens with zero attached hydrogens (tertiary/aromatic N) is 1. The molecule has 0 bridgehead atoms. The van der Waals surface area contributed by atoms with Gasteiger partial charge in [0.1, 0.15) is 22.3 Å². The third-order valence-corrected chi connectivity index (χ3v) is 7.97. The smallest absolute Gasteiger partial charge is 0.267 e. The lowest BCUT2D eigenvalue weighted by Gasteiger charge is -2.27. The molecule has 0 aromatic heterocycles. The third kappa shape index (κ3) is 4.57. The zero-order valence-electron chi connectivity index (χ0n) is 16.3. The Hall–Kier alpha value is -2.24. The van der Waals surface area contributed by atoms with Crippen LogP contribution in [0.15, 0.2) is 46.2 Å². The summed E-state index contributed by atoms with van der Waals surface area (Å²) in [5.41, 5.74) is -0.156. The fraction of sp³-hybridized carbons (Fsp3) is 0.368. The van der Waals surface area contributed by atoms with Crippen LogP contribution in [0.4, 0.5) is 14.5 Å². The van der Waals surface area contributed by atoms with Crippen LogP contribution in [0, 0.1) is 11.6 Å². The minimum atomic E-state index is -4.64. The predicted octanol–water partition coefficient (Wildman–Crippen LogP) is 3.34. The van der Waals surface area contributed by atoms with Crippen LogP contribution < -0.4 is 9.46 Å². The van der Waals surface area contributed by atoms with Crippen LogP contribution in [0.1, 0.15) is 26.2 Å². The first-order valence-corrected chi connectivity index (χ1v) is 12.3. The van der Waals surface area contributed by atoms with Crippen molar-refractivity contribution in [1.29, 1.82) is 0 Å². The molecule has 164 valence electrons. The lowest BCUT2D eigenvalue weighted by molar-refractivity contribution is 0.323. The Bertz CT molecular complexity index is 1110. The monoisotopic (exact) mass is 460 g/mol. The van der Waals surface area contributed by atoms with Crippen molar-refractivity contribution in [2.45, 2.75) is 36.0 Å². The number of sulfonamides is 2. The maximum atomic E-state index is 13.9. The van der Waals surface area contributed by atoms with Crippen LogP contribution >= 0.6 is 0 Å². The fourth-order valence-electron chi connectivity index (χ4n) is 3.24. The van der Waals surface area contributed by atoms with Crippen molar-refractivity contribution >= 4 is 25.7 Å². The van der Waals surface area contributed by atoms with E-state index in [-0.39, 0.29) is 22.9 Å². The minimum absolute atomic E-state index is 0.0723. The molecule has 1 fully saturated rings. The molecule has 1 aliphatic rings. The molecule has 2 aromatic carbocycles. The molecule has 0 unspecified atom stereocenters. The van der Waals surface area contributed by atoms with Crippen molar-refractivity contribution in [3.05, 3.63) is 48.0 Å². The third-order valence-electron chi connectivity index (χ3n) is 4.62. The van der Waals surface area contributed by atoms with Gasteiger partial charge in [0, 0.05) is 13.1 Å². The van der Waals surface area contributed by atoms with Gasteiger partial charge >= 0.3 is 0 Å². The molecular formula is C19H22F2N2O5S2. The predicted molar refractivity (Wildman–Crippen MR) is 107 cm³/mol. The first-order chi connectivity index (χ1) is 14.2. The maximum absolute atomic E-state index is 13.9. The number of rotatable bonds is 7. The van der Waals surface area contributed by atoms with Gasteiger partial charge in [-0.1, -0.05) is 12.5 Å². The van der Waals surface area contributed by atoms with Crippen LogP contribution in [0.5, 0.6) is 5.75 Å². The Morgan fingerprint density at radius 2 is 1.63 bits per heavy atom. The molecule has 1 saturated heterocycles.